The summed E-state index contributed by atoms with van der Waals surface area (Å²) in [5.74, 6) is 0.326. The molecule has 3 aromatic rings. The van der Waals surface area contributed by atoms with Crippen molar-refractivity contribution in [3.63, 3.8) is 0 Å². The molecule has 3 rings (SSSR count). The molecule has 0 fully saturated rings. The van der Waals surface area contributed by atoms with Crippen LogP contribution in [0.2, 0.25) is 0 Å². The lowest BCUT2D eigenvalue weighted by molar-refractivity contribution is 0.621. The highest BCUT2D eigenvalue weighted by Gasteiger charge is 2.08. The van der Waals surface area contributed by atoms with Crippen molar-refractivity contribution >= 4 is 21.6 Å². The van der Waals surface area contributed by atoms with Crippen LogP contribution in [0.25, 0.3) is 5.69 Å². The highest BCUT2D eigenvalue weighted by molar-refractivity contribution is 9.10. The van der Waals surface area contributed by atoms with E-state index in [-0.39, 0.29) is 5.82 Å². The van der Waals surface area contributed by atoms with Gasteiger partial charge < -0.3 is 5.32 Å². The second kappa shape index (κ2) is 6.01. The van der Waals surface area contributed by atoms with E-state index < -0.39 is 0 Å². The fourth-order valence-electron chi connectivity index (χ4n) is 1.87. The summed E-state index contributed by atoms with van der Waals surface area (Å²) < 4.78 is 15.5. The molecule has 7 heteroatoms. The lowest BCUT2D eigenvalue weighted by Gasteiger charge is -2.07. The number of anilines is 1. The standard InChI is InChI=1S/C14H11BrFN5/c15-12-7-6-10(8-13(12)16)17-9-14-18-19-20-21(14)11-4-2-1-3-5-11/h1-8,17H,9H2. The minimum absolute atomic E-state index is 0.317. The largest absolute Gasteiger partial charge is 0.378 e. The van der Waals surface area contributed by atoms with Gasteiger partial charge in [0.25, 0.3) is 0 Å². The van der Waals surface area contributed by atoms with Gasteiger partial charge in [-0.1, -0.05) is 18.2 Å². The molecular formula is C14H11BrFN5. The Hall–Kier alpha value is -2.28. The van der Waals surface area contributed by atoms with Crippen LogP contribution in [0, 0.1) is 5.82 Å². The molecule has 1 aromatic heterocycles. The number of rotatable bonds is 4. The van der Waals surface area contributed by atoms with Crippen LogP contribution in [-0.2, 0) is 6.54 Å². The maximum Gasteiger partial charge on any atom is 0.175 e. The van der Waals surface area contributed by atoms with Crippen molar-refractivity contribution < 1.29 is 4.39 Å². The van der Waals surface area contributed by atoms with Crippen molar-refractivity contribution in [1.82, 2.24) is 20.2 Å². The SMILES string of the molecule is Fc1cc(NCc2nnnn2-c2ccccc2)ccc1Br. The van der Waals surface area contributed by atoms with Crippen LogP contribution in [0.3, 0.4) is 0 Å². The van der Waals surface area contributed by atoms with Crippen molar-refractivity contribution in [3.8, 4) is 5.69 Å². The van der Waals surface area contributed by atoms with Gasteiger partial charge in [-0.3, -0.25) is 0 Å². The van der Waals surface area contributed by atoms with Gasteiger partial charge in [0, 0.05) is 5.69 Å². The zero-order valence-electron chi connectivity index (χ0n) is 10.9. The van der Waals surface area contributed by atoms with Crippen molar-refractivity contribution in [2.24, 2.45) is 0 Å². The average molecular weight is 348 g/mol. The second-order valence-electron chi connectivity index (χ2n) is 4.32. The first-order chi connectivity index (χ1) is 10.2. The van der Waals surface area contributed by atoms with Gasteiger partial charge in [0.05, 0.1) is 16.7 Å². The minimum Gasteiger partial charge on any atom is -0.378 e. The van der Waals surface area contributed by atoms with Crippen molar-refractivity contribution in [2.75, 3.05) is 5.32 Å². The molecule has 0 aliphatic carbocycles. The molecule has 0 aliphatic heterocycles. The van der Waals surface area contributed by atoms with E-state index in [0.29, 0.717) is 22.5 Å². The Morgan fingerprint density at radius 1 is 1.14 bits per heavy atom. The van der Waals surface area contributed by atoms with E-state index in [9.17, 15) is 4.39 Å². The Morgan fingerprint density at radius 3 is 2.71 bits per heavy atom. The highest BCUT2D eigenvalue weighted by atomic mass is 79.9. The van der Waals surface area contributed by atoms with Crippen molar-refractivity contribution in [1.29, 1.82) is 0 Å². The van der Waals surface area contributed by atoms with E-state index >= 15 is 0 Å². The normalized spacial score (nSPS) is 10.6. The van der Waals surface area contributed by atoms with Crippen LogP contribution in [-0.4, -0.2) is 20.2 Å². The number of para-hydroxylation sites is 1. The van der Waals surface area contributed by atoms with Crippen LogP contribution in [0.5, 0.6) is 0 Å². The second-order valence-corrected chi connectivity index (χ2v) is 5.18. The number of nitrogens with zero attached hydrogens (tertiary/aromatic N) is 4. The maximum absolute atomic E-state index is 13.5. The Labute approximate surface area is 128 Å². The molecule has 2 aromatic carbocycles. The number of hydrogen-bond donors (Lipinski definition) is 1. The molecule has 0 bridgehead atoms. The summed E-state index contributed by atoms with van der Waals surface area (Å²) in [5.41, 5.74) is 1.54. The summed E-state index contributed by atoms with van der Waals surface area (Å²) in [7, 11) is 0. The topological polar surface area (TPSA) is 55.6 Å². The third-order valence-corrected chi connectivity index (χ3v) is 3.55. The van der Waals surface area contributed by atoms with Gasteiger partial charge in [-0.15, -0.1) is 5.10 Å². The average Bonchev–Trinajstić information content (AvgIpc) is 2.98. The summed E-state index contributed by atoms with van der Waals surface area (Å²) in [6, 6.07) is 14.4. The molecule has 0 unspecified atom stereocenters. The van der Waals surface area contributed by atoms with Crippen molar-refractivity contribution in [3.05, 3.63) is 64.6 Å². The molecule has 106 valence electrons. The molecule has 0 saturated carbocycles. The molecule has 1 heterocycles. The van der Waals surface area contributed by atoms with Gasteiger partial charge in [0.1, 0.15) is 5.82 Å². The first-order valence-corrected chi connectivity index (χ1v) is 7.05. The first-order valence-electron chi connectivity index (χ1n) is 6.25. The lowest BCUT2D eigenvalue weighted by Crippen LogP contribution is -2.08. The zero-order chi connectivity index (χ0) is 14.7. The monoisotopic (exact) mass is 347 g/mol. The molecule has 0 atom stereocenters. The number of nitrogens with one attached hydrogen (secondary N) is 1. The lowest BCUT2D eigenvalue weighted by atomic mass is 10.3. The van der Waals surface area contributed by atoms with Crippen LogP contribution in [0.4, 0.5) is 10.1 Å². The smallest absolute Gasteiger partial charge is 0.175 e. The highest BCUT2D eigenvalue weighted by Crippen LogP contribution is 2.19. The van der Waals surface area contributed by atoms with E-state index in [4.69, 9.17) is 0 Å². The van der Waals surface area contributed by atoms with Gasteiger partial charge >= 0.3 is 0 Å². The molecule has 0 amide bonds. The van der Waals surface area contributed by atoms with E-state index in [0.717, 1.165) is 5.69 Å². The van der Waals surface area contributed by atoms with E-state index in [1.54, 1.807) is 16.8 Å². The molecular weight excluding hydrogens is 337 g/mol. The van der Waals surface area contributed by atoms with Gasteiger partial charge in [0.15, 0.2) is 5.82 Å². The van der Waals surface area contributed by atoms with E-state index in [1.807, 2.05) is 30.3 Å². The summed E-state index contributed by atoms with van der Waals surface area (Å²) in [6.45, 7) is 0.392. The van der Waals surface area contributed by atoms with E-state index in [1.165, 1.54) is 6.07 Å². The fraction of sp³-hybridized carbons (Fsp3) is 0.0714. The molecule has 21 heavy (non-hydrogen) atoms. The third kappa shape index (κ3) is 3.08. The Balaban J connectivity index is 1.77. The van der Waals surface area contributed by atoms with Gasteiger partial charge in [-0.05, 0) is 56.7 Å². The predicted molar refractivity (Wildman–Crippen MR) is 80.6 cm³/mol. The first kappa shape index (κ1) is 13.7. The summed E-state index contributed by atoms with van der Waals surface area (Å²) in [6.07, 6.45) is 0. The van der Waals surface area contributed by atoms with Gasteiger partial charge in [0.2, 0.25) is 0 Å². The quantitative estimate of drug-likeness (QED) is 0.787. The molecule has 5 nitrogen and oxygen atoms in total. The van der Waals surface area contributed by atoms with Gasteiger partial charge in [-0.25, -0.2) is 4.39 Å². The van der Waals surface area contributed by atoms with Crippen LogP contribution >= 0.6 is 15.9 Å². The number of tetrazole rings is 1. The van der Waals surface area contributed by atoms with Crippen LogP contribution in [0.15, 0.2) is 53.0 Å². The molecule has 0 aliphatic rings. The van der Waals surface area contributed by atoms with Crippen LogP contribution < -0.4 is 5.32 Å². The third-order valence-electron chi connectivity index (χ3n) is 2.91. The fourth-order valence-corrected chi connectivity index (χ4v) is 2.12. The number of hydrogen-bond acceptors (Lipinski definition) is 4. The predicted octanol–water partition coefficient (Wildman–Crippen LogP) is 3.18. The summed E-state index contributed by atoms with van der Waals surface area (Å²) in [4.78, 5) is 0. The van der Waals surface area contributed by atoms with Crippen molar-refractivity contribution in [2.45, 2.75) is 6.54 Å². The Kier molecular flexibility index (Phi) is 3.92. The Morgan fingerprint density at radius 2 is 1.95 bits per heavy atom. The number of aromatic nitrogens is 4. The summed E-state index contributed by atoms with van der Waals surface area (Å²) >= 11 is 3.12. The number of halogens is 2. The Bertz CT molecular complexity index is 744. The number of benzene rings is 2. The maximum atomic E-state index is 13.5. The van der Waals surface area contributed by atoms with Gasteiger partial charge in [-0.2, -0.15) is 4.68 Å². The molecule has 1 N–H and O–H groups in total. The zero-order valence-corrected chi connectivity index (χ0v) is 12.5. The molecule has 0 radical (unpaired) electrons. The summed E-state index contributed by atoms with van der Waals surface area (Å²) in [5, 5.41) is 14.7. The van der Waals surface area contributed by atoms with Crippen LogP contribution in [0.1, 0.15) is 5.82 Å². The minimum atomic E-state index is -0.317. The molecule has 0 saturated heterocycles. The molecule has 0 spiro atoms. The van der Waals surface area contributed by atoms with E-state index in [2.05, 4.69) is 36.8 Å².